The molecule has 1 aromatic heterocycles. The van der Waals surface area contributed by atoms with Crippen LogP contribution in [0.25, 0.3) is 0 Å². The molecular weight excluding hydrogens is 534 g/mol. The van der Waals surface area contributed by atoms with E-state index in [2.05, 4.69) is 13.1 Å². The van der Waals surface area contributed by atoms with Gasteiger partial charge < -0.3 is 29.4 Å². The monoisotopic (exact) mass is 550 g/mol. The molecule has 2 rings (SSSR count). The number of hydrogen-bond donors (Lipinski definition) is 6. The zero-order valence-corrected chi connectivity index (χ0v) is 18.7. The van der Waals surface area contributed by atoms with Crippen LogP contribution in [-0.4, -0.2) is 59.2 Å². The molecule has 0 amide bonds. The summed E-state index contributed by atoms with van der Waals surface area (Å²) in [7, 11) is -17.3. The van der Waals surface area contributed by atoms with Gasteiger partial charge in [0.2, 0.25) is 5.72 Å². The molecule has 2 unspecified atom stereocenters. The zero-order valence-electron chi connectivity index (χ0n) is 16.0. The number of nitrogens with zero attached hydrogens (tertiary/aromatic N) is 1. The molecule has 0 bridgehead atoms. The molecule has 1 fully saturated rings. The highest BCUT2D eigenvalue weighted by Gasteiger charge is 2.65. The number of hydrogen-bond acceptors (Lipinski definition) is 10. The number of rotatable bonds is 8. The second-order valence-corrected chi connectivity index (χ2v) is 11.0. The summed E-state index contributed by atoms with van der Waals surface area (Å²) in [5, 5.41) is 10.0. The Morgan fingerprint density at radius 3 is 2.27 bits per heavy atom. The van der Waals surface area contributed by atoms with Crippen LogP contribution in [0.5, 0.6) is 0 Å². The maximum absolute atomic E-state index is 13.9. The van der Waals surface area contributed by atoms with E-state index in [-0.39, 0.29) is 10.1 Å². The second kappa shape index (κ2) is 9.11. The number of aliphatic hydroxyl groups excluding tert-OH is 1. The number of ether oxygens (including phenoxy) is 1. The van der Waals surface area contributed by atoms with Crippen molar-refractivity contribution in [3.8, 4) is 0 Å². The molecule has 0 saturated carbocycles. The van der Waals surface area contributed by atoms with E-state index >= 15 is 0 Å². The number of aromatic amines is 1. The highest BCUT2D eigenvalue weighted by atomic mass is 31.3. The van der Waals surface area contributed by atoms with Crippen molar-refractivity contribution < 1.29 is 69.4 Å². The fourth-order valence-electron chi connectivity index (χ4n) is 2.72. The maximum Gasteiger partial charge on any atom is 0.490 e. The SMILES string of the molecule is Cc1cn([C@@]2(C(F)(F)F)C[C@H](O)[C@@H](COP(=O)(O)OP(=O)(O)OP(=O)(O)O)O2)c(=O)[nH]c1=O. The number of aryl methyl sites for hydroxylation is 1. The van der Waals surface area contributed by atoms with Crippen molar-refractivity contribution in [3.63, 3.8) is 0 Å². The Morgan fingerprint density at radius 2 is 1.76 bits per heavy atom. The van der Waals surface area contributed by atoms with Gasteiger partial charge in [-0.1, -0.05) is 0 Å². The lowest BCUT2D eigenvalue weighted by Crippen LogP contribution is -2.54. The van der Waals surface area contributed by atoms with Crippen molar-refractivity contribution in [1.29, 1.82) is 0 Å². The first-order chi connectivity index (χ1) is 14.7. The van der Waals surface area contributed by atoms with E-state index in [1.807, 2.05) is 0 Å². The topological polar surface area (TPSA) is 244 Å². The standard InChI is InChI=1S/C11H16F3N2O14P3/c1-5-3-16(9(19)15-8(5)18)10(11(12,13)14)2-6(17)7(28-10)4-27-32(23,24)30-33(25,26)29-31(20,21)22/h3,6-7,17H,2,4H2,1H3,(H,23,24)(H,25,26)(H,15,18,19)(H2,20,21,22)/t6-,7+,10-/m0/s1. The quantitative estimate of drug-likeness (QED) is 0.225. The minimum absolute atomic E-state index is 0.0439. The summed E-state index contributed by atoms with van der Waals surface area (Å²) in [6, 6.07) is 0. The Balaban J connectivity index is 2.28. The van der Waals surface area contributed by atoms with Crippen LogP contribution in [0.4, 0.5) is 13.2 Å². The molecule has 1 aliphatic rings. The predicted molar refractivity (Wildman–Crippen MR) is 95.4 cm³/mol. The van der Waals surface area contributed by atoms with Gasteiger partial charge in [0, 0.05) is 18.2 Å². The van der Waals surface area contributed by atoms with Crippen molar-refractivity contribution >= 4 is 23.5 Å². The first kappa shape index (κ1) is 28.0. The van der Waals surface area contributed by atoms with E-state index in [4.69, 9.17) is 19.4 Å². The van der Waals surface area contributed by atoms with Crippen LogP contribution < -0.4 is 11.2 Å². The lowest BCUT2D eigenvalue weighted by Gasteiger charge is -2.33. The van der Waals surface area contributed by atoms with Gasteiger partial charge in [0.15, 0.2) is 0 Å². The Labute approximate surface area is 180 Å². The first-order valence-electron chi connectivity index (χ1n) is 8.22. The summed E-state index contributed by atoms with van der Waals surface area (Å²) in [6.45, 7) is -0.323. The van der Waals surface area contributed by atoms with Crippen molar-refractivity contribution in [2.24, 2.45) is 0 Å². The number of alkyl halides is 3. The molecule has 1 aromatic rings. The van der Waals surface area contributed by atoms with E-state index in [9.17, 15) is 46.5 Å². The summed E-state index contributed by atoms with van der Waals surface area (Å²) in [6.07, 6.45) is -10.4. The Hall–Kier alpha value is -1.20. The molecule has 190 valence electrons. The molecule has 0 aromatic carbocycles. The minimum atomic E-state index is -5.89. The number of halogens is 3. The molecule has 0 radical (unpaired) electrons. The van der Waals surface area contributed by atoms with Gasteiger partial charge >= 0.3 is 35.3 Å². The van der Waals surface area contributed by atoms with Crippen molar-refractivity contribution in [2.75, 3.05) is 6.61 Å². The summed E-state index contributed by atoms with van der Waals surface area (Å²) >= 11 is 0. The molecule has 0 spiro atoms. The van der Waals surface area contributed by atoms with E-state index < -0.39 is 71.9 Å². The van der Waals surface area contributed by atoms with Crippen molar-refractivity contribution in [1.82, 2.24) is 9.55 Å². The third-order valence-corrected chi connectivity index (χ3v) is 7.83. The number of H-pyrrole nitrogens is 1. The summed E-state index contributed by atoms with van der Waals surface area (Å²) in [5.74, 6) is 0. The summed E-state index contributed by atoms with van der Waals surface area (Å²) in [5.41, 5.74) is -6.42. The van der Waals surface area contributed by atoms with Crippen molar-refractivity contribution in [3.05, 3.63) is 32.6 Å². The number of nitrogens with one attached hydrogen (secondary N) is 1. The Bertz CT molecular complexity index is 1160. The molecule has 33 heavy (non-hydrogen) atoms. The molecule has 6 N–H and O–H groups in total. The number of phosphoric acid groups is 3. The fraction of sp³-hybridized carbons (Fsp3) is 0.636. The molecule has 5 atom stereocenters. The van der Waals surface area contributed by atoms with Gasteiger partial charge in [-0.3, -0.25) is 18.9 Å². The van der Waals surface area contributed by atoms with Crippen LogP contribution in [0.3, 0.4) is 0 Å². The predicted octanol–water partition coefficient (Wildman–Crippen LogP) is -0.447. The molecule has 2 heterocycles. The van der Waals surface area contributed by atoms with E-state index in [1.54, 1.807) is 4.98 Å². The van der Waals surface area contributed by atoms with Crippen LogP contribution in [0.15, 0.2) is 15.8 Å². The highest BCUT2D eigenvalue weighted by Crippen LogP contribution is 2.66. The van der Waals surface area contributed by atoms with E-state index in [0.717, 1.165) is 6.92 Å². The normalized spacial score (nSPS) is 27.8. The smallest absolute Gasteiger partial charge is 0.390 e. The average molecular weight is 550 g/mol. The lowest BCUT2D eigenvalue weighted by molar-refractivity contribution is -0.312. The van der Waals surface area contributed by atoms with Gasteiger partial charge in [-0.2, -0.15) is 21.8 Å². The van der Waals surface area contributed by atoms with Crippen LogP contribution in [0, 0.1) is 6.92 Å². The first-order valence-corrected chi connectivity index (χ1v) is 12.7. The fourth-order valence-corrected chi connectivity index (χ4v) is 5.75. The van der Waals surface area contributed by atoms with Crippen molar-refractivity contribution in [2.45, 2.75) is 37.5 Å². The molecule has 1 saturated heterocycles. The van der Waals surface area contributed by atoms with Gasteiger partial charge in [0.1, 0.15) is 6.10 Å². The van der Waals surface area contributed by atoms with Crippen LogP contribution >= 0.6 is 23.5 Å². The molecule has 16 nitrogen and oxygen atoms in total. The van der Waals surface area contributed by atoms with Gasteiger partial charge in [-0.05, 0) is 6.92 Å². The third kappa shape index (κ3) is 6.69. The number of aliphatic hydroxyl groups is 1. The highest BCUT2D eigenvalue weighted by molar-refractivity contribution is 7.66. The van der Waals surface area contributed by atoms with Gasteiger partial charge in [-0.15, -0.1) is 0 Å². The van der Waals surface area contributed by atoms with Gasteiger partial charge in [-0.25, -0.2) is 18.5 Å². The van der Waals surface area contributed by atoms with Crippen LogP contribution in [-0.2, 0) is 37.3 Å². The molecule has 1 aliphatic heterocycles. The Morgan fingerprint density at radius 1 is 1.18 bits per heavy atom. The van der Waals surface area contributed by atoms with Crippen LogP contribution in [0.1, 0.15) is 12.0 Å². The lowest BCUT2D eigenvalue weighted by atomic mass is 10.1. The van der Waals surface area contributed by atoms with Crippen LogP contribution in [0.2, 0.25) is 0 Å². The molecular formula is C11H16F3N2O14P3. The average Bonchev–Trinajstić information content (AvgIpc) is 2.90. The minimum Gasteiger partial charge on any atom is -0.390 e. The van der Waals surface area contributed by atoms with Gasteiger partial charge in [0.05, 0.1) is 12.7 Å². The van der Waals surface area contributed by atoms with E-state index in [1.165, 1.54) is 0 Å². The second-order valence-electron chi connectivity index (χ2n) is 6.54. The third-order valence-electron chi connectivity index (χ3n) is 4.03. The number of aromatic nitrogens is 2. The Kier molecular flexibility index (Phi) is 7.74. The molecule has 22 heteroatoms. The zero-order chi connectivity index (χ0) is 25.6. The summed E-state index contributed by atoms with van der Waals surface area (Å²) in [4.78, 5) is 60.5. The largest absolute Gasteiger partial charge is 0.490 e. The van der Waals surface area contributed by atoms with Gasteiger partial charge in [0.25, 0.3) is 5.56 Å². The van der Waals surface area contributed by atoms with E-state index in [0.29, 0.717) is 6.20 Å². The maximum atomic E-state index is 13.9. The number of phosphoric ester groups is 1. The molecule has 0 aliphatic carbocycles. The summed E-state index contributed by atoms with van der Waals surface area (Å²) < 4.78 is 91.1.